The maximum Gasteiger partial charge on any atom is 0.264 e. The SMILES string of the molecule is O=C(c1ccc(-c2ccc(C3CCCCC3)cc2)s1)N1CCc2ccccc2C1. The smallest absolute Gasteiger partial charge is 0.264 e. The molecule has 1 aliphatic heterocycles. The molecule has 1 amide bonds. The van der Waals surface area contributed by atoms with E-state index in [1.807, 2.05) is 11.0 Å². The van der Waals surface area contributed by atoms with Crippen LogP contribution in [0.25, 0.3) is 10.4 Å². The topological polar surface area (TPSA) is 20.3 Å². The van der Waals surface area contributed by atoms with Gasteiger partial charge in [0.2, 0.25) is 0 Å². The van der Waals surface area contributed by atoms with Gasteiger partial charge in [-0.15, -0.1) is 11.3 Å². The van der Waals surface area contributed by atoms with Crippen molar-refractivity contribution in [3.05, 3.63) is 82.2 Å². The van der Waals surface area contributed by atoms with E-state index in [0.29, 0.717) is 0 Å². The fraction of sp³-hybridized carbons (Fsp3) is 0.346. The second-order valence-electron chi connectivity index (χ2n) is 8.37. The lowest BCUT2D eigenvalue weighted by Crippen LogP contribution is -2.35. The molecule has 29 heavy (non-hydrogen) atoms. The monoisotopic (exact) mass is 401 g/mol. The van der Waals surface area contributed by atoms with Crippen molar-refractivity contribution in [1.82, 2.24) is 4.90 Å². The van der Waals surface area contributed by atoms with Crippen LogP contribution in [0.4, 0.5) is 0 Å². The lowest BCUT2D eigenvalue weighted by molar-refractivity contribution is 0.0739. The number of thiophene rings is 1. The van der Waals surface area contributed by atoms with Crippen molar-refractivity contribution in [2.45, 2.75) is 51.0 Å². The van der Waals surface area contributed by atoms with Gasteiger partial charge in [-0.25, -0.2) is 0 Å². The number of rotatable bonds is 3. The molecule has 2 nitrogen and oxygen atoms in total. The zero-order chi connectivity index (χ0) is 19.6. The van der Waals surface area contributed by atoms with Gasteiger partial charge in [0.05, 0.1) is 4.88 Å². The van der Waals surface area contributed by atoms with E-state index in [-0.39, 0.29) is 5.91 Å². The molecule has 0 radical (unpaired) electrons. The third-order valence-electron chi connectivity index (χ3n) is 6.51. The first kappa shape index (κ1) is 18.6. The maximum atomic E-state index is 13.1. The summed E-state index contributed by atoms with van der Waals surface area (Å²) in [5.41, 5.74) is 5.36. The molecule has 3 aromatic rings. The average molecular weight is 402 g/mol. The number of amides is 1. The van der Waals surface area contributed by atoms with Crippen LogP contribution in [0, 0.1) is 0 Å². The third kappa shape index (κ3) is 3.89. The van der Waals surface area contributed by atoms with E-state index in [4.69, 9.17) is 0 Å². The van der Waals surface area contributed by atoms with E-state index in [1.54, 1.807) is 11.3 Å². The molecule has 1 aliphatic carbocycles. The third-order valence-corrected chi connectivity index (χ3v) is 7.63. The fourth-order valence-corrected chi connectivity index (χ4v) is 5.77. The molecule has 148 valence electrons. The number of hydrogen-bond acceptors (Lipinski definition) is 2. The minimum atomic E-state index is 0.162. The summed E-state index contributed by atoms with van der Waals surface area (Å²) in [6.45, 7) is 1.53. The van der Waals surface area contributed by atoms with Gasteiger partial charge in [-0.1, -0.05) is 67.8 Å². The summed E-state index contributed by atoms with van der Waals surface area (Å²) < 4.78 is 0. The molecule has 2 aliphatic rings. The molecule has 1 aromatic heterocycles. The highest BCUT2D eigenvalue weighted by molar-refractivity contribution is 7.17. The molecule has 1 saturated carbocycles. The number of carbonyl (C=O) groups is 1. The zero-order valence-corrected chi connectivity index (χ0v) is 17.6. The van der Waals surface area contributed by atoms with Gasteiger partial charge in [-0.2, -0.15) is 0 Å². The second kappa shape index (κ2) is 8.16. The molecule has 0 N–H and O–H groups in total. The van der Waals surface area contributed by atoms with Crippen molar-refractivity contribution in [2.24, 2.45) is 0 Å². The molecule has 0 saturated heterocycles. The fourth-order valence-electron chi connectivity index (χ4n) is 4.79. The second-order valence-corrected chi connectivity index (χ2v) is 9.45. The normalized spacial score (nSPS) is 17.2. The van der Waals surface area contributed by atoms with E-state index < -0.39 is 0 Å². The quantitative estimate of drug-likeness (QED) is 0.480. The summed E-state index contributed by atoms with van der Waals surface area (Å²) in [5.74, 6) is 0.898. The molecule has 2 heterocycles. The number of fused-ring (bicyclic) bond motifs is 1. The van der Waals surface area contributed by atoms with Crippen LogP contribution in [0.3, 0.4) is 0 Å². The van der Waals surface area contributed by atoms with Gasteiger partial charge in [0.15, 0.2) is 0 Å². The molecule has 0 atom stereocenters. The lowest BCUT2D eigenvalue weighted by atomic mass is 9.84. The molecule has 3 heteroatoms. The van der Waals surface area contributed by atoms with Crippen LogP contribution in [0.15, 0.2) is 60.7 Å². The summed E-state index contributed by atoms with van der Waals surface area (Å²) in [7, 11) is 0. The van der Waals surface area contributed by atoms with Gasteiger partial charge in [-0.3, -0.25) is 4.79 Å². The predicted octanol–water partition coefficient (Wildman–Crippen LogP) is 6.66. The van der Waals surface area contributed by atoms with Crippen LogP contribution in [-0.4, -0.2) is 17.4 Å². The Morgan fingerprint density at radius 3 is 2.41 bits per heavy atom. The summed E-state index contributed by atoms with van der Waals surface area (Å²) in [6, 6.07) is 21.6. The van der Waals surface area contributed by atoms with Gasteiger partial charge in [0.1, 0.15) is 0 Å². The van der Waals surface area contributed by atoms with Crippen molar-refractivity contribution in [3.8, 4) is 10.4 Å². The van der Waals surface area contributed by atoms with Gasteiger partial charge in [0.25, 0.3) is 5.91 Å². The maximum absolute atomic E-state index is 13.1. The van der Waals surface area contributed by atoms with Gasteiger partial charge >= 0.3 is 0 Å². The van der Waals surface area contributed by atoms with Gasteiger partial charge in [0, 0.05) is 18.0 Å². The largest absolute Gasteiger partial charge is 0.333 e. The Labute approximate surface area is 177 Å². The van der Waals surface area contributed by atoms with E-state index in [0.717, 1.165) is 30.3 Å². The van der Waals surface area contributed by atoms with Crippen molar-refractivity contribution in [1.29, 1.82) is 0 Å². The molecule has 0 spiro atoms. The molecule has 0 bridgehead atoms. The van der Waals surface area contributed by atoms with Crippen LogP contribution in [-0.2, 0) is 13.0 Å². The highest BCUT2D eigenvalue weighted by atomic mass is 32.1. The van der Waals surface area contributed by atoms with E-state index in [1.165, 1.54) is 59.2 Å². The zero-order valence-electron chi connectivity index (χ0n) is 16.8. The van der Waals surface area contributed by atoms with Crippen molar-refractivity contribution < 1.29 is 4.79 Å². The van der Waals surface area contributed by atoms with Crippen LogP contribution < -0.4 is 0 Å². The molecule has 2 aromatic carbocycles. The number of benzene rings is 2. The van der Waals surface area contributed by atoms with Crippen LogP contribution in [0.2, 0.25) is 0 Å². The summed E-state index contributed by atoms with van der Waals surface area (Å²) in [5, 5.41) is 0. The Hall–Kier alpha value is -2.39. The Bertz CT molecular complexity index is 998. The molecule has 5 rings (SSSR count). The lowest BCUT2D eigenvalue weighted by Gasteiger charge is -2.28. The summed E-state index contributed by atoms with van der Waals surface area (Å²) in [4.78, 5) is 17.1. The molecule has 1 fully saturated rings. The molecule has 0 unspecified atom stereocenters. The molecular formula is C26H27NOS. The average Bonchev–Trinajstić information content (AvgIpc) is 3.29. The summed E-state index contributed by atoms with van der Waals surface area (Å²) in [6.07, 6.45) is 7.73. The Morgan fingerprint density at radius 1 is 0.862 bits per heavy atom. The summed E-state index contributed by atoms with van der Waals surface area (Å²) >= 11 is 1.62. The minimum absolute atomic E-state index is 0.162. The van der Waals surface area contributed by atoms with Gasteiger partial charge in [-0.05, 0) is 59.6 Å². The van der Waals surface area contributed by atoms with E-state index >= 15 is 0 Å². The highest BCUT2D eigenvalue weighted by Gasteiger charge is 2.23. The van der Waals surface area contributed by atoms with Crippen LogP contribution in [0.5, 0.6) is 0 Å². The molecular weight excluding hydrogens is 374 g/mol. The van der Waals surface area contributed by atoms with E-state index in [2.05, 4.69) is 54.6 Å². The Morgan fingerprint density at radius 2 is 1.62 bits per heavy atom. The Balaban J connectivity index is 1.30. The number of carbonyl (C=O) groups excluding carboxylic acids is 1. The highest BCUT2D eigenvalue weighted by Crippen LogP contribution is 2.35. The standard InChI is InChI=1S/C26H27NOS/c28-26(27-17-16-20-8-4-5-9-23(20)18-27)25-15-14-24(29-25)22-12-10-21(11-13-22)19-6-2-1-3-7-19/h4-5,8-15,19H,1-3,6-7,16-18H2. The van der Waals surface area contributed by atoms with Crippen LogP contribution in [0.1, 0.15) is 64.4 Å². The minimum Gasteiger partial charge on any atom is -0.333 e. The van der Waals surface area contributed by atoms with Crippen LogP contribution >= 0.6 is 11.3 Å². The number of nitrogens with zero attached hydrogens (tertiary/aromatic N) is 1. The van der Waals surface area contributed by atoms with Crippen molar-refractivity contribution in [2.75, 3.05) is 6.54 Å². The van der Waals surface area contributed by atoms with Gasteiger partial charge < -0.3 is 4.90 Å². The number of hydrogen-bond donors (Lipinski definition) is 0. The Kier molecular flexibility index (Phi) is 5.24. The first-order chi connectivity index (χ1) is 14.3. The first-order valence-electron chi connectivity index (χ1n) is 10.8. The van der Waals surface area contributed by atoms with Crippen molar-refractivity contribution >= 4 is 17.2 Å². The van der Waals surface area contributed by atoms with Crippen molar-refractivity contribution in [3.63, 3.8) is 0 Å². The van der Waals surface area contributed by atoms with E-state index in [9.17, 15) is 4.79 Å². The predicted molar refractivity (Wildman–Crippen MR) is 120 cm³/mol. The first-order valence-corrected chi connectivity index (χ1v) is 11.7.